The number of hydrogen-bond acceptors (Lipinski definition) is 3. The molecule has 150 valence electrons. The number of carbonyl (C=O) groups excluding carboxylic acids is 2. The number of halogens is 2. The summed E-state index contributed by atoms with van der Waals surface area (Å²) in [7, 11) is 0. The van der Waals surface area contributed by atoms with Crippen LogP contribution in [-0.4, -0.2) is 39.6 Å². The van der Waals surface area contributed by atoms with E-state index in [2.05, 4.69) is 10.4 Å². The standard InChI is InChI=1S/C21H20ClFN4O2/c1-2-26(14-20(28)24-13-15-3-5-16(22)6-4-15)21(29)19-11-12-27(25-19)18-9-7-17(23)8-10-18/h3-12H,2,13-14H2,1H3,(H,24,28). The molecule has 1 N–H and O–H groups in total. The summed E-state index contributed by atoms with van der Waals surface area (Å²) < 4.78 is 14.6. The number of nitrogens with one attached hydrogen (secondary N) is 1. The fraction of sp³-hybridized carbons (Fsp3) is 0.190. The van der Waals surface area contributed by atoms with Gasteiger partial charge in [0.15, 0.2) is 5.69 Å². The lowest BCUT2D eigenvalue weighted by atomic mass is 10.2. The van der Waals surface area contributed by atoms with Crippen LogP contribution in [0.4, 0.5) is 4.39 Å². The Morgan fingerprint density at radius 3 is 2.45 bits per heavy atom. The monoisotopic (exact) mass is 414 g/mol. The zero-order valence-electron chi connectivity index (χ0n) is 15.8. The number of rotatable bonds is 7. The van der Waals surface area contributed by atoms with E-state index in [0.717, 1.165) is 5.56 Å². The third-order valence-electron chi connectivity index (χ3n) is 4.31. The lowest BCUT2D eigenvalue weighted by Gasteiger charge is -2.19. The minimum Gasteiger partial charge on any atom is -0.350 e. The van der Waals surface area contributed by atoms with Gasteiger partial charge in [0.1, 0.15) is 5.82 Å². The number of hydrogen-bond donors (Lipinski definition) is 1. The zero-order chi connectivity index (χ0) is 20.8. The Kier molecular flexibility index (Phi) is 6.61. The molecule has 0 aliphatic heterocycles. The smallest absolute Gasteiger partial charge is 0.274 e. The topological polar surface area (TPSA) is 67.2 Å². The predicted octanol–water partition coefficient (Wildman–Crippen LogP) is 3.44. The van der Waals surface area contributed by atoms with Gasteiger partial charge in [0.05, 0.1) is 12.2 Å². The van der Waals surface area contributed by atoms with Crippen molar-refractivity contribution in [1.29, 1.82) is 0 Å². The van der Waals surface area contributed by atoms with Crippen molar-refractivity contribution in [2.24, 2.45) is 0 Å². The molecule has 2 aromatic carbocycles. The van der Waals surface area contributed by atoms with E-state index in [1.807, 2.05) is 12.1 Å². The first-order valence-corrected chi connectivity index (χ1v) is 9.46. The maximum atomic E-state index is 13.1. The van der Waals surface area contributed by atoms with Crippen LogP contribution in [0.2, 0.25) is 5.02 Å². The molecular weight excluding hydrogens is 395 g/mol. The Balaban J connectivity index is 1.60. The normalized spacial score (nSPS) is 10.6. The van der Waals surface area contributed by atoms with Crippen LogP contribution in [0.3, 0.4) is 0 Å². The molecule has 0 radical (unpaired) electrons. The Bertz CT molecular complexity index is 987. The van der Waals surface area contributed by atoms with Gasteiger partial charge in [0, 0.05) is 24.3 Å². The van der Waals surface area contributed by atoms with Gasteiger partial charge in [-0.15, -0.1) is 0 Å². The first kappa shape index (κ1) is 20.5. The van der Waals surface area contributed by atoms with Gasteiger partial charge in [-0.25, -0.2) is 9.07 Å². The maximum absolute atomic E-state index is 13.1. The second kappa shape index (κ2) is 9.34. The molecule has 0 aliphatic rings. The second-order valence-corrected chi connectivity index (χ2v) is 6.78. The molecule has 0 bridgehead atoms. The largest absolute Gasteiger partial charge is 0.350 e. The minimum absolute atomic E-state index is 0.0771. The van der Waals surface area contributed by atoms with Crippen molar-refractivity contribution >= 4 is 23.4 Å². The van der Waals surface area contributed by atoms with Gasteiger partial charge in [-0.2, -0.15) is 5.10 Å². The number of likely N-dealkylation sites (N-methyl/N-ethyl adjacent to an activating group) is 1. The van der Waals surface area contributed by atoms with Crippen molar-refractivity contribution in [3.05, 3.63) is 82.9 Å². The number of benzene rings is 2. The third-order valence-corrected chi connectivity index (χ3v) is 4.56. The maximum Gasteiger partial charge on any atom is 0.274 e. The average Bonchev–Trinajstić information content (AvgIpc) is 3.22. The van der Waals surface area contributed by atoms with Crippen LogP contribution >= 0.6 is 11.6 Å². The summed E-state index contributed by atoms with van der Waals surface area (Å²) in [4.78, 5) is 26.4. The Morgan fingerprint density at radius 2 is 1.79 bits per heavy atom. The van der Waals surface area contributed by atoms with Crippen LogP contribution in [0.1, 0.15) is 23.0 Å². The van der Waals surface area contributed by atoms with Crippen molar-refractivity contribution in [2.75, 3.05) is 13.1 Å². The Hall–Kier alpha value is -3.19. The van der Waals surface area contributed by atoms with E-state index in [1.165, 1.54) is 21.7 Å². The molecular formula is C21H20ClFN4O2. The molecule has 0 saturated heterocycles. The summed E-state index contributed by atoms with van der Waals surface area (Å²) >= 11 is 5.85. The molecule has 0 spiro atoms. The minimum atomic E-state index is -0.352. The van der Waals surface area contributed by atoms with Gasteiger partial charge in [-0.3, -0.25) is 9.59 Å². The lowest BCUT2D eigenvalue weighted by molar-refractivity contribution is -0.121. The molecule has 0 unspecified atom stereocenters. The average molecular weight is 415 g/mol. The highest BCUT2D eigenvalue weighted by atomic mass is 35.5. The number of amides is 2. The van der Waals surface area contributed by atoms with Crippen LogP contribution < -0.4 is 5.32 Å². The highest BCUT2D eigenvalue weighted by Crippen LogP contribution is 2.11. The molecule has 0 saturated carbocycles. The van der Waals surface area contributed by atoms with Gasteiger partial charge in [0.25, 0.3) is 5.91 Å². The third kappa shape index (κ3) is 5.42. The van der Waals surface area contributed by atoms with Crippen LogP contribution in [0.5, 0.6) is 0 Å². The SMILES string of the molecule is CCN(CC(=O)NCc1ccc(Cl)cc1)C(=O)c1ccn(-c2ccc(F)cc2)n1. The molecule has 0 aliphatic carbocycles. The van der Waals surface area contributed by atoms with E-state index in [9.17, 15) is 14.0 Å². The zero-order valence-corrected chi connectivity index (χ0v) is 16.6. The van der Waals surface area contributed by atoms with E-state index in [-0.39, 0.29) is 29.9 Å². The fourth-order valence-corrected chi connectivity index (χ4v) is 2.82. The molecule has 3 rings (SSSR count). The summed E-state index contributed by atoms with van der Waals surface area (Å²) in [6.45, 7) is 2.42. The van der Waals surface area contributed by atoms with Crippen molar-refractivity contribution in [3.63, 3.8) is 0 Å². The first-order chi connectivity index (χ1) is 14.0. The van der Waals surface area contributed by atoms with Crippen LogP contribution in [0.25, 0.3) is 5.69 Å². The van der Waals surface area contributed by atoms with E-state index in [1.54, 1.807) is 43.5 Å². The quantitative estimate of drug-likeness (QED) is 0.644. The number of carbonyl (C=O) groups is 2. The van der Waals surface area contributed by atoms with Crippen LogP contribution in [-0.2, 0) is 11.3 Å². The van der Waals surface area contributed by atoms with Gasteiger partial charge < -0.3 is 10.2 Å². The summed E-state index contributed by atoms with van der Waals surface area (Å²) in [5.74, 6) is -0.970. The van der Waals surface area contributed by atoms with Gasteiger partial charge in [0.2, 0.25) is 5.91 Å². The Labute approximate surface area is 172 Å². The summed E-state index contributed by atoms with van der Waals surface area (Å²) in [5.41, 5.74) is 1.76. The molecule has 0 fully saturated rings. The van der Waals surface area contributed by atoms with E-state index in [4.69, 9.17) is 11.6 Å². The molecule has 1 heterocycles. The Morgan fingerprint density at radius 1 is 1.10 bits per heavy atom. The lowest BCUT2D eigenvalue weighted by Crippen LogP contribution is -2.40. The van der Waals surface area contributed by atoms with Crippen molar-refractivity contribution < 1.29 is 14.0 Å². The predicted molar refractivity (Wildman–Crippen MR) is 108 cm³/mol. The van der Waals surface area contributed by atoms with E-state index in [0.29, 0.717) is 23.8 Å². The summed E-state index contributed by atoms with van der Waals surface area (Å²) in [6.07, 6.45) is 1.62. The van der Waals surface area contributed by atoms with E-state index >= 15 is 0 Å². The van der Waals surface area contributed by atoms with Crippen molar-refractivity contribution in [2.45, 2.75) is 13.5 Å². The molecule has 6 nitrogen and oxygen atoms in total. The van der Waals surface area contributed by atoms with Gasteiger partial charge in [-0.1, -0.05) is 23.7 Å². The van der Waals surface area contributed by atoms with Crippen LogP contribution in [0, 0.1) is 5.82 Å². The fourth-order valence-electron chi connectivity index (χ4n) is 2.70. The highest BCUT2D eigenvalue weighted by molar-refractivity contribution is 6.30. The van der Waals surface area contributed by atoms with Crippen molar-refractivity contribution in [3.8, 4) is 5.69 Å². The highest BCUT2D eigenvalue weighted by Gasteiger charge is 2.19. The number of aromatic nitrogens is 2. The van der Waals surface area contributed by atoms with Gasteiger partial charge in [-0.05, 0) is 55.0 Å². The second-order valence-electron chi connectivity index (χ2n) is 6.34. The summed E-state index contributed by atoms with van der Waals surface area (Å²) in [6, 6.07) is 14.5. The molecule has 1 aromatic heterocycles. The molecule has 3 aromatic rings. The number of nitrogens with zero attached hydrogens (tertiary/aromatic N) is 3. The first-order valence-electron chi connectivity index (χ1n) is 9.08. The summed E-state index contributed by atoms with van der Waals surface area (Å²) in [5, 5.41) is 7.66. The molecule has 0 atom stereocenters. The molecule has 29 heavy (non-hydrogen) atoms. The van der Waals surface area contributed by atoms with Gasteiger partial charge >= 0.3 is 0 Å². The molecule has 2 amide bonds. The van der Waals surface area contributed by atoms with Crippen molar-refractivity contribution in [1.82, 2.24) is 20.0 Å². The molecule has 8 heteroatoms. The van der Waals surface area contributed by atoms with Crippen LogP contribution in [0.15, 0.2) is 60.8 Å². The van der Waals surface area contributed by atoms with E-state index < -0.39 is 0 Å².